The van der Waals surface area contributed by atoms with E-state index in [1.54, 1.807) is 13.3 Å². The molecule has 1 rings (SSSR count). The standard InChI is InChI=1S/C10H17O.3C4H9.Sn/c1-8-7-10(2,3)6-5-9(8)11-4;3*1-3-4-2;/h7,9H,4-6H2,1-3H3;3*1,3-4H2,2H3;/t9-;;;;/m1..../s1. The van der Waals surface area contributed by atoms with Crippen LogP contribution >= 0.6 is 0 Å². The zero-order valence-corrected chi connectivity index (χ0v) is 20.4. The van der Waals surface area contributed by atoms with Crippen molar-refractivity contribution >= 4 is 18.4 Å². The molecule has 0 amide bonds. The van der Waals surface area contributed by atoms with Crippen LogP contribution in [-0.2, 0) is 4.74 Å². The molecule has 0 N–H and O–H groups in total. The summed E-state index contributed by atoms with van der Waals surface area (Å²) in [7, 11) is 0. The summed E-state index contributed by atoms with van der Waals surface area (Å²) >= 11 is -2.12. The second-order valence-electron chi connectivity index (χ2n) is 9.03. The average molecular weight is 443 g/mol. The molecule has 0 spiro atoms. The molecule has 142 valence electrons. The quantitative estimate of drug-likeness (QED) is 0.224. The first-order valence-electron chi connectivity index (χ1n) is 10.7. The molecule has 24 heavy (non-hydrogen) atoms. The van der Waals surface area contributed by atoms with Gasteiger partial charge in [-0.2, -0.15) is 0 Å². The fourth-order valence-electron chi connectivity index (χ4n) is 4.25. The summed E-state index contributed by atoms with van der Waals surface area (Å²) in [6, 6.07) is 0. The predicted octanol–water partition coefficient (Wildman–Crippen LogP) is 7.53. The van der Waals surface area contributed by atoms with Gasteiger partial charge < -0.3 is 0 Å². The molecule has 1 aliphatic rings. The summed E-state index contributed by atoms with van der Waals surface area (Å²) in [5.41, 5.74) is 1.87. The second-order valence-corrected chi connectivity index (χ2v) is 22.7. The SMILES string of the molecule is CCC[CH2][Sn]([CH2]CCC)([CH2]CCC)[CH2]O[C@@H]1CCC(C)(C)C=C1C. The monoisotopic (exact) mass is 444 g/mol. The third-order valence-electron chi connectivity index (χ3n) is 5.95. The van der Waals surface area contributed by atoms with E-state index >= 15 is 0 Å². The average Bonchev–Trinajstić information content (AvgIpc) is 2.54. The molecule has 0 fully saturated rings. The third-order valence-corrected chi connectivity index (χ3v) is 20.3. The summed E-state index contributed by atoms with van der Waals surface area (Å²) in [5, 5.41) is 0. The Morgan fingerprint density at radius 1 is 1.00 bits per heavy atom. The molecule has 1 atom stereocenters. The van der Waals surface area contributed by atoms with Crippen LogP contribution in [0.3, 0.4) is 0 Å². The van der Waals surface area contributed by atoms with Crippen LogP contribution in [-0.4, -0.2) is 29.1 Å². The van der Waals surface area contributed by atoms with Crippen LogP contribution < -0.4 is 0 Å². The van der Waals surface area contributed by atoms with Crippen molar-refractivity contribution in [2.75, 3.05) is 4.62 Å². The van der Waals surface area contributed by atoms with Gasteiger partial charge in [-0.3, -0.25) is 0 Å². The molecule has 0 aromatic heterocycles. The van der Waals surface area contributed by atoms with Gasteiger partial charge in [0.25, 0.3) is 0 Å². The summed E-state index contributed by atoms with van der Waals surface area (Å²) in [5.74, 6) is 0. The predicted molar refractivity (Wildman–Crippen MR) is 111 cm³/mol. The first-order chi connectivity index (χ1) is 11.4. The van der Waals surface area contributed by atoms with Crippen molar-refractivity contribution in [2.24, 2.45) is 5.41 Å². The van der Waals surface area contributed by atoms with Crippen molar-refractivity contribution in [1.29, 1.82) is 0 Å². The Labute approximate surface area is 156 Å². The van der Waals surface area contributed by atoms with Gasteiger partial charge in [0.05, 0.1) is 0 Å². The Morgan fingerprint density at radius 3 is 1.92 bits per heavy atom. The van der Waals surface area contributed by atoms with Crippen molar-refractivity contribution in [1.82, 2.24) is 0 Å². The van der Waals surface area contributed by atoms with Gasteiger partial charge in [-0.1, -0.05) is 0 Å². The van der Waals surface area contributed by atoms with Crippen LogP contribution in [0.4, 0.5) is 0 Å². The summed E-state index contributed by atoms with van der Waals surface area (Å²) in [6.07, 6.45) is 13.8. The van der Waals surface area contributed by atoms with Crippen LogP contribution in [0.5, 0.6) is 0 Å². The van der Waals surface area contributed by atoms with Crippen molar-refractivity contribution < 1.29 is 4.74 Å². The number of unbranched alkanes of at least 4 members (excludes halogenated alkanes) is 3. The van der Waals surface area contributed by atoms with E-state index in [1.165, 1.54) is 61.6 Å². The second kappa shape index (κ2) is 11.3. The molecule has 0 heterocycles. The molecule has 2 heteroatoms. The van der Waals surface area contributed by atoms with E-state index in [2.05, 4.69) is 47.6 Å². The van der Waals surface area contributed by atoms with E-state index < -0.39 is 18.4 Å². The molecule has 0 unspecified atom stereocenters. The van der Waals surface area contributed by atoms with Crippen LogP contribution in [0.25, 0.3) is 0 Å². The molecular formula is C22H44OSn. The number of rotatable bonds is 12. The number of allylic oxidation sites excluding steroid dienone is 1. The fraction of sp³-hybridized carbons (Fsp3) is 0.909. The first kappa shape index (κ1) is 22.5. The van der Waals surface area contributed by atoms with E-state index in [-0.39, 0.29) is 0 Å². The van der Waals surface area contributed by atoms with Gasteiger partial charge in [-0.05, 0) is 0 Å². The molecule has 0 radical (unpaired) electrons. The van der Waals surface area contributed by atoms with Crippen molar-refractivity contribution in [3.63, 3.8) is 0 Å². The van der Waals surface area contributed by atoms with E-state index in [4.69, 9.17) is 4.74 Å². The molecule has 0 saturated carbocycles. The van der Waals surface area contributed by atoms with Gasteiger partial charge in [0.15, 0.2) is 0 Å². The van der Waals surface area contributed by atoms with Gasteiger partial charge >= 0.3 is 157 Å². The topological polar surface area (TPSA) is 9.23 Å². The van der Waals surface area contributed by atoms with E-state index in [1.807, 2.05) is 0 Å². The molecule has 1 aliphatic carbocycles. The fourth-order valence-corrected chi connectivity index (χ4v) is 18.7. The van der Waals surface area contributed by atoms with E-state index in [0.29, 0.717) is 11.5 Å². The maximum atomic E-state index is 6.67. The van der Waals surface area contributed by atoms with E-state index in [9.17, 15) is 0 Å². The van der Waals surface area contributed by atoms with Crippen molar-refractivity contribution in [3.8, 4) is 0 Å². The Balaban J connectivity index is 2.74. The van der Waals surface area contributed by atoms with Gasteiger partial charge in [0.1, 0.15) is 0 Å². The molecule has 0 aliphatic heterocycles. The van der Waals surface area contributed by atoms with Crippen LogP contribution in [0, 0.1) is 5.41 Å². The molecule has 1 nitrogen and oxygen atoms in total. The van der Waals surface area contributed by atoms with E-state index in [0.717, 1.165) is 0 Å². The van der Waals surface area contributed by atoms with Gasteiger partial charge in [-0.25, -0.2) is 0 Å². The normalized spacial score (nSPS) is 20.9. The van der Waals surface area contributed by atoms with Crippen molar-refractivity contribution in [3.05, 3.63) is 11.6 Å². The van der Waals surface area contributed by atoms with Gasteiger partial charge in [-0.15, -0.1) is 0 Å². The molecule has 0 bridgehead atoms. The Kier molecular flexibility index (Phi) is 10.6. The summed E-state index contributed by atoms with van der Waals surface area (Å²) in [6.45, 7) is 14.1. The molecular weight excluding hydrogens is 399 g/mol. The van der Waals surface area contributed by atoms with Crippen LogP contribution in [0.2, 0.25) is 13.3 Å². The van der Waals surface area contributed by atoms with Gasteiger partial charge in [0.2, 0.25) is 0 Å². The van der Waals surface area contributed by atoms with Crippen LogP contribution in [0.1, 0.15) is 92.9 Å². The number of hydrogen-bond acceptors (Lipinski definition) is 1. The molecule has 0 aromatic rings. The molecule has 0 saturated heterocycles. The zero-order valence-electron chi connectivity index (χ0n) is 17.5. The minimum absolute atomic E-state index is 0.372. The number of ether oxygens (including phenoxy) is 1. The minimum atomic E-state index is -2.12. The Bertz CT molecular complexity index is 350. The van der Waals surface area contributed by atoms with Gasteiger partial charge in [0, 0.05) is 0 Å². The van der Waals surface area contributed by atoms with Crippen molar-refractivity contribution in [2.45, 2.75) is 112 Å². The maximum absolute atomic E-state index is 6.67. The summed E-state index contributed by atoms with van der Waals surface area (Å²) in [4.78, 5) is 0. The zero-order chi connectivity index (χ0) is 18.1. The Hall–Kier alpha value is 0.499. The molecule has 0 aromatic carbocycles. The van der Waals surface area contributed by atoms with Crippen LogP contribution in [0.15, 0.2) is 11.6 Å². The summed E-state index contributed by atoms with van der Waals surface area (Å²) < 4.78 is 12.5. The number of hydrogen-bond donors (Lipinski definition) is 0. The third kappa shape index (κ3) is 7.81. The first-order valence-corrected chi connectivity index (χ1v) is 18.8. The Morgan fingerprint density at radius 2 is 1.50 bits per heavy atom.